The third kappa shape index (κ3) is 5.07. The topological polar surface area (TPSA) is 180 Å². The van der Waals surface area contributed by atoms with Crippen LogP contribution in [0.2, 0.25) is 0 Å². The quantitative estimate of drug-likeness (QED) is 0.175. The molecule has 36 heavy (non-hydrogen) atoms. The molecule has 0 aliphatic heterocycles. The number of rotatable bonds is 7. The summed E-state index contributed by atoms with van der Waals surface area (Å²) in [6, 6.07) is 16.6. The summed E-state index contributed by atoms with van der Waals surface area (Å²) in [5.41, 5.74) is 1.84. The molecule has 12 nitrogen and oxygen atoms in total. The third-order valence-corrected chi connectivity index (χ3v) is 5.17. The molecule has 2 amide bonds. The van der Waals surface area contributed by atoms with E-state index >= 15 is 0 Å². The zero-order valence-electron chi connectivity index (χ0n) is 18.4. The van der Waals surface area contributed by atoms with E-state index in [1.54, 1.807) is 54.6 Å². The Labute approximate surface area is 202 Å². The number of nitrogens with zero attached hydrogens (tertiary/aromatic N) is 3. The summed E-state index contributed by atoms with van der Waals surface area (Å²) in [4.78, 5) is 48.5. The van der Waals surface area contributed by atoms with Gasteiger partial charge in [0, 0.05) is 28.6 Å². The number of nitro groups is 1. The number of hydrogen-bond donors (Lipinski definition) is 4. The van der Waals surface area contributed by atoms with E-state index in [4.69, 9.17) is 0 Å². The lowest BCUT2D eigenvalue weighted by Gasteiger charge is -2.18. The first-order valence-electron chi connectivity index (χ1n) is 10.5. The van der Waals surface area contributed by atoms with E-state index < -0.39 is 28.3 Å². The highest BCUT2D eigenvalue weighted by molar-refractivity contribution is 5.99. The van der Waals surface area contributed by atoms with E-state index in [2.05, 4.69) is 26.0 Å². The van der Waals surface area contributed by atoms with Crippen LogP contribution in [0.4, 0.5) is 5.69 Å². The van der Waals surface area contributed by atoms with Crippen LogP contribution in [-0.2, 0) is 4.79 Å². The van der Waals surface area contributed by atoms with Crippen molar-refractivity contribution in [3.05, 3.63) is 110 Å². The lowest BCUT2D eigenvalue weighted by Crippen LogP contribution is -2.40. The predicted octanol–water partition coefficient (Wildman–Crippen LogP) is 2.16. The van der Waals surface area contributed by atoms with Gasteiger partial charge in [0.05, 0.1) is 16.5 Å². The van der Waals surface area contributed by atoms with E-state index in [0.717, 1.165) is 24.4 Å². The minimum absolute atomic E-state index is 0.0120. The summed E-state index contributed by atoms with van der Waals surface area (Å²) >= 11 is 0. The van der Waals surface area contributed by atoms with Gasteiger partial charge in [0.1, 0.15) is 11.4 Å². The van der Waals surface area contributed by atoms with Crippen molar-refractivity contribution in [1.29, 1.82) is 0 Å². The zero-order chi connectivity index (χ0) is 25.7. The monoisotopic (exact) mass is 486 g/mol. The molecule has 4 aromatic rings. The van der Waals surface area contributed by atoms with Gasteiger partial charge in [-0.2, -0.15) is 10.2 Å². The van der Waals surface area contributed by atoms with Crippen molar-refractivity contribution in [2.45, 2.75) is 6.04 Å². The number of hydrogen-bond acceptors (Lipinski definition) is 8. The number of H-pyrrole nitrogens is 1. The van der Waals surface area contributed by atoms with Crippen LogP contribution in [0.1, 0.15) is 27.7 Å². The number of non-ortho nitro benzene ring substituents is 1. The molecule has 0 radical (unpaired) electrons. The van der Waals surface area contributed by atoms with Gasteiger partial charge in [-0.25, -0.2) is 10.5 Å². The maximum atomic E-state index is 13.1. The Kier molecular flexibility index (Phi) is 6.77. The van der Waals surface area contributed by atoms with Crippen LogP contribution in [0.15, 0.2) is 82.7 Å². The average molecular weight is 486 g/mol. The molecule has 4 rings (SSSR count). The smallest absolute Gasteiger partial charge is 0.272 e. The molecule has 0 aliphatic carbocycles. The van der Waals surface area contributed by atoms with Gasteiger partial charge in [-0.05, 0) is 24.3 Å². The van der Waals surface area contributed by atoms with Crippen molar-refractivity contribution in [2.24, 2.45) is 5.10 Å². The summed E-state index contributed by atoms with van der Waals surface area (Å²) in [6.07, 6.45) is 1.02. The molecule has 1 atom stereocenters. The van der Waals surface area contributed by atoms with Crippen LogP contribution >= 0.6 is 0 Å². The Hall–Kier alpha value is -5.39. The number of hydrazone groups is 1. The number of carbonyl (C=O) groups excluding carboxylic acids is 2. The van der Waals surface area contributed by atoms with Crippen molar-refractivity contribution < 1.29 is 19.6 Å². The SMILES string of the molecule is O=C(N[C@@H](C(=O)N/N=C\c1cc([N+](=O)[O-])ccc1O)c1n[nH]c(=O)c2ccccc12)c1ccccc1. The normalized spacial score (nSPS) is 11.8. The second kappa shape index (κ2) is 10.3. The highest BCUT2D eigenvalue weighted by atomic mass is 16.6. The Bertz CT molecular complexity index is 1550. The van der Waals surface area contributed by atoms with Gasteiger partial charge in [-0.15, -0.1) is 0 Å². The molecule has 0 aliphatic rings. The van der Waals surface area contributed by atoms with Crippen LogP contribution in [-0.4, -0.2) is 38.3 Å². The number of fused-ring (bicyclic) bond motifs is 1. The molecule has 180 valence electrons. The number of amides is 2. The minimum atomic E-state index is -1.38. The molecule has 0 fully saturated rings. The van der Waals surface area contributed by atoms with Crippen molar-refractivity contribution in [2.75, 3.05) is 0 Å². The lowest BCUT2D eigenvalue weighted by molar-refractivity contribution is -0.384. The van der Waals surface area contributed by atoms with Gasteiger partial charge in [0.25, 0.3) is 23.1 Å². The molecule has 3 aromatic carbocycles. The van der Waals surface area contributed by atoms with Crippen molar-refractivity contribution >= 4 is 34.5 Å². The minimum Gasteiger partial charge on any atom is -0.507 e. The molecule has 1 aromatic heterocycles. The number of phenolic OH excluding ortho intramolecular Hbond substituents is 1. The standard InChI is InChI=1S/C24H18N6O6/c31-19-11-10-16(30(35)36)12-15(19)13-25-28-24(34)21(26-22(32)14-6-2-1-3-7-14)20-17-8-4-5-9-18(17)23(33)29-27-20/h1-13,21,31H,(H,26,32)(H,28,34)(H,29,33)/b25-13-/t21-/m1/s1. The molecule has 0 saturated carbocycles. The summed E-state index contributed by atoms with van der Waals surface area (Å²) < 4.78 is 0. The first-order chi connectivity index (χ1) is 17.3. The molecule has 0 bridgehead atoms. The first kappa shape index (κ1) is 23.8. The molecular formula is C24H18N6O6. The van der Waals surface area contributed by atoms with Crippen LogP contribution < -0.4 is 16.3 Å². The Morgan fingerprint density at radius 2 is 1.75 bits per heavy atom. The second-order valence-corrected chi connectivity index (χ2v) is 7.49. The van der Waals surface area contributed by atoms with E-state index in [-0.39, 0.29) is 33.6 Å². The number of nitrogens with one attached hydrogen (secondary N) is 3. The summed E-state index contributed by atoms with van der Waals surface area (Å²) in [6.45, 7) is 0. The fraction of sp³-hybridized carbons (Fsp3) is 0.0417. The van der Waals surface area contributed by atoms with Gasteiger partial charge in [0.15, 0.2) is 6.04 Å². The predicted molar refractivity (Wildman–Crippen MR) is 130 cm³/mol. The molecule has 12 heteroatoms. The summed E-state index contributed by atoms with van der Waals surface area (Å²) in [7, 11) is 0. The van der Waals surface area contributed by atoms with E-state index in [0.29, 0.717) is 5.39 Å². The number of aromatic hydroxyl groups is 1. The Morgan fingerprint density at radius 3 is 2.47 bits per heavy atom. The Morgan fingerprint density at radius 1 is 1.06 bits per heavy atom. The van der Waals surface area contributed by atoms with Gasteiger partial charge >= 0.3 is 0 Å². The number of carbonyl (C=O) groups is 2. The summed E-state index contributed by atoms with van der Waals surface area (Å²) in [5, 5.41) is 34.2. The molecule has 4 N–H and O–H groups in total. The van der Waals surface area contributed by atoms with Crippen molar-refractivity contribution in [3.63, 3.8) is 0 Å². The maximum Gasteiger partial charge on any atom is 0.272 e. The fourth-order valence-corrected chi connectivity index (χ4v) is 3.41. The summed E-state index contributed by atoms with van der Waals surface area (Å²) in [5.74, 6) is -1.68. The largest absolute Gasteiger partial charge is 0.507 e. The lowest BCUT2D eigenvalue weighted by atomic mass is 10.0. The van der Waals surface area contributed by atoms with Crippen LogP contribution in [0.3, 0.4) is 0 Å². The van der Waals surface area contributed by atoms with Gasteiger partial charge in [0.2, 0.25) is 0 Å². The number of nitro benzene ring substituents is 1. The first-order valence-corrected chi connectivity index (χ1v) is 10.5. The zero-order valence-corrected chi connectivity index (χ0v) is 18.4. The van der Waals surface area contributed by atoms with Crippen molar-refractivity contribution in [3.8, 4) is 5.75 Å². The highest BCUT2D eigenvalue weighted by Gasteiger charge is 2.27. The van der Waals surface area contributed by atoms with Crippen LogP contribution in [0, 0.1) is 10.1 Å². The highest BCUT2D eigenvalue weighted by Crippen LogP contribution is 2.22. The second-order valence-electron chi connectivity index (χ2n) is 7.49. The van der Waals surface area contributed by atoms with E-state index in [1.165, 1.54) is 0 Å². The molecule has 0 unspecified atom stereocenters. The number of benzene rings is 3. The molecule has 1 heterocycles. The van der Waals surface area contributed by atoms with Crippen molar-refractivity contribution in [1.82, 2.24) is 20.9 Å². The van der Waals surface area contributed by atoms with Gasteiger partial charge < -0.3 is 10.4 Å². The maximum absolute atomic E-state index is 13.1. The van der Waals surface area contributed by atoms with Crippen LogP contribution in [0.25, 0.3) is 10.8 Å². The van der Waals surface area contributed by atoms with E-state index in [9.17, 15) is 29.6 Å². The fourth-order valence-electron chi connectivity index (χ4n) is 3.41. The third-order valence-electron chi connectivity index (χ3n) is 5.17. The van der Waals surface area contributed by atoms with E-state index in [1.807, 2.05) is 0 Å². The molecule has 0 saturated heterocycles. The van der Waals surface area contributed by atoms with Gasteiger partial charge in [-0.3, -0.25) is 24.5 Å². The molecule has 0 spiro atoms. The molecular weight excluding hydrogens is 468 g/mol. The Balaban J connectivity index is 1.67. The van der Waals surface area contributed by atoms with Gasteiger partial charge in [-0.1, -0.05) is 36.4 Å². The van der Waals surface area contributed by atoms with Crippen LogP contribution in [0.5, 0.6) is 5.75 Å². The number of phenols is 1. The number of aromatic nitrogens is 2. The average Bonchev–Trinajstić information content (AvgIpc) is 2.89. The number of aromatic amines is 1.